The number of aliphatic carboxylic acids is 1. The predicted octanol–water partition coefficient (Wildman–Crippen LogP) is 2.32. The normalized spacial score (nSPS) is 12.7. The molecule has 0 saturated heterocycles. The standard InChI is InChI=1S/C12H16BrNO4S/c1-12(2,3)14(8-11(15)16)19(17,18)10-6-4-5-9(13)7-10/h4-7H,8H2,1-3H3,(H,15,16). The van der Waals surface area contributed by atoms with Gasteiger partial charge in [-0.2, -0.15) is 4.31 Å². The first-order valence-corrected chi connectivity index (χ1v) is 7.78. The third-order valence-electron chi connectivity index (χ3n) is 2.41. The molecule has 1 aromatic rings. The van der Waals surface area contributed by atoms with Gasteiger partial charge in [-0.15, -0.1) is 0 Å². The van der Waals surface area contributed by atoms with Crippen molar-refractivity contribution in [1.82, 2.24) is 4.31 Å². The van der Waals surface area contributed by atoms with E-state index < -0.39 is 28.1 Å². The highest BCUT2D eigenvalue weighted by Crippen LogP contribution is 2.25. The van der Waals surface area contributed by atoms with Gasteiger partial charge in [-0.05, 0) is 39.0 Å². The Morgan fingerprint density at radius 3 is 2.37 bits per heavy atom. The molecule has 5 nitrogen and oxygen atoms in total. The fourth-order valence-corrected chi connectivity index (χ4v) is 3.89. The average molecular weight is 350 g/mol. The Kier molecular flexibility index (Phi) is 4.76. The highest BCUT2D eigenvalue weighted by Gasteiger charge is 2.35. The lowest BCUT2D eigenvalue weighted by Crippen LogP contribution is -2.48. The number of nitrogens with zero attached hydrogens (tertiary/aromatic N) is 1. The third-order valence-corrected chi connectivity index (χ3v) is 5.01. The van der Waals surface area contributed by atoms with E-state index in [1.807, 2.05) is 0 Å². The van der Waals surface area contributed by atoms with E-state index in [2.05, 4.69) is 15.9 Å². The molecule has 0 aliphatic rings. The Hall–Kier alpha value is -0.920. The number of carboxylic acids is 1. The predicted molar refractivity (Wildman–Crippen MR) is 75.4 cm³/mol. The lowest BCUT2D eigenvalue weighted by Gasteiger charge is -2.33. The van der Waals surface area contributed by atoms with Crippen molar-refractivity contribution >= 4 is 31.9 Å². The monoisotopic (exact) mass is 349 g/mol. The zero-order chi connectivity index (χ0) is 14.8. The number of hydrogen-bond acceptors (Lipinski definition) is 3. The van der Waals surface area contributed by atoms with E-state index in [0.29, 0.717) is 4.47 Å². The lowest BCUT2D eigenvalue weighted by atomic mass is 10.1. The number of benzene rings is 1. The number of carbonyl (C=O) groups is 1. The maximum atomic E-state index is 12.5. The van der Waals surface area contributed by atoms with Crippen LogP contribution in [0.1, 0.15) is 20.8 Å². The first-order chi connectivity index (χ1) is 8.55. The van der Waals surface area contributed by atoms with Crippen LogP contribution in [0.25, 0.3) is 0 Å². The van der Waals surface area contributed by atoms with Crippen LogP contribution >= 0.6 is 15.9 Å². The summed E-state index contributed by atoms with van der Waals surface area (Å²) in [6.45, 7) is 4.40. The van der Waals surface area contributed by atoms with Crippen LogP contribution in [-0.4, -0.2) is 35.9 Å². The summed E-state index contributed by atoms with van der Waals surface area (Å²) in [5, 5.41) is 8.90. The molecule has 7 heteroatoms. The first kappa shape index (κ1) is 16.1. The third kappa shape index (κ3) is 4.02. The molecule has 0 radical (unpaired) electrons. The van der Waals surface area contributed by atoms with E-state index in [-0.39, 0.29) is 4.90 Å². The number of hydrogen-bond donors (Lipinski definition) is 1. The maximum absolute atomic E-state index is 12.5. The molecule has 1 rings (SSSR count). The number of carboxylic acid groups (broad SMARTS) is 1. The summed E-state index contributed by atoms with van der Waals surface area (Å²) < 4.78 is 26.6. The zero-order valence-corrected chi connectivity index (χ0v) is 13.3. The molecule has 0 fully saturated rings. The second kappa shape index (κ2) is 5.60. The number of rotatable bonds is 4. The fraction of sp³-hybridized carbons (Fsp3) is 0.417. The van der Waals surface area contributed by atoms with E-state index in [4.69, 9.17) is 5.11 Å². The van der Waals surface area contributed by atoms with Crippen LogP contribution in [0.2, 0.25) is 0 Å². The molecule has 0 amide bonds. The highest BCUT2D eigenvalue weighted by atomic mass is 79.9. The molecule has 0 atom stereocenters. The molecule has 1 N–H and O–H groups in total. The van der Waals surface area contributed by atoms with Gasteiger partial charge in [0.25, 0.3) is 0 Å². The molecule has 0 unspecified atom stereocenters. The van der Waals surface area contributed by atoms with Crippen LogP contribution in [-0.2, 0) is 14.8 Å². The minimum Gasteiger partial charge on any atom is -0.480 e. The van der Waals surface area contributed by atoms with Gasteiger partial charge >= 0.3 is 5.97 Å². The van der Waals surface area contributed by atoms with Crippen molar-refractivity contribution in [3.05, 3.63) is 28.7 Å². The molecule has 0 saturated carbocycles. The van der Waals surface area contributed by atoms with Gasteiger partial charge in [-0.25, -0.2) is 8.42 Å². The fourth-order valence-electron chi connectivity index (χ4n) is 1.56. The molecular weight excluding hydrogens is 334 g/mol. The quantitative estimate of drug-likeness (QED) is 0.904. The van der Waals surface area contributed by atoms with Crippen LogP contribution in [0.4, 0.5) is 0 Å². The minimum atomic E-state index is -3.85. The second-order valence-corrected chi connectivity index (χ2v) is 7.81. The Balaban J connectivity index is 3.32. The van der Waals surface area contributed by atoms with E-state index in [0.717, 1.165) is 4.31 Å². The molecule has 1 aromatic carbocycles. The molecule has 0 bridgehead atoms. The molecule has 19 heavy (non-hydrogen) atoms. The van der Waals surface area contributed by atoms with Crippen LogP contribution in [0, 0.1) is 0 Å². The van der Waals surface area contributed by atoms with Crippen molar-refractivity contribution in [2.24, 2.45) is 0 Å². The van der Waals surface area contributed by atoms with Crippen molar-refractivity contribution in [2.45, 2.75) is 31.2 Å². The Morgan fingerprint density at radius 1 is 1.37 bits per heavy atom. The van der Waals surface area contributed by atoms with Gasteiger partial charge in [-0.1, -0.05) is 22.0 Å². The van der Waals surface area contributed by atoms with Gasteiger partial charge in [0, 0.05) is 10.0 Å². The molecule has 0 aliphatic heterocycles. The summed E-state index contributed by atoms with van der Waals surface area (Å²) in [4.78, 5) is 11.0. The van der Waals surface area contributed by atoms with Crippen LogP contribution in [0.3, 0.4) is 0 Å². The Labute approximate surface area is 121 Å². The number of halogens is 1. The minimum absolute atomic E-state index is 0.0676. The summed E-state index contributed by atoms with van der Waals surface area (Å²) >= 11 is 3.21. The lowest BCUT2D eigenvalue weighted by molar-refractivity contribution is -0.138. The Bertz CT molecular complexity index is 578. The summed E-state index contributed by atoms with van der Waals surface area (Å²) in [6, 6.07) is 6.20. The van der Waals surface area contributed by atoms with E-state index >= 15 is 0 Å². The Morgan fingerprint density at radius 2 is 1.95 bits per heavy atom. The van der Waals surface area contributed by atoms with Crippen LogP contribution in [0.15, 0.2) is 33.6 Å². The second-order valence-electron chi connectivity index (χ2n) is 5.03. The summed E-state index contributed by atoms with van der Waals surface area (Å²) in [7, 11) is -3.85. The van der Waals surface area contributed by atoms with Crippen molar-refractivity contribution in [3.8, 4) is 0 Å². The van der Waals surface area contributed by atoms with Gasteiger partial charge in [-0.3, -0.25) is 4.79 Å². The smallest absolute Gasteiger partial charge is 0.318 e. The van der Waals surface area contributed by atoms with Crippen molar-refractivity contribution in [1.29, 1.82) is 0 Å². The molecule has 0 spiro atoms. The highest BCUT2D eigenvalue weighted by molar-refractivity contribution is 9.10. The molecule has 0 aliphatic carbocycles. The average Bonchev–Trinajstić information content (AvgIpc) is 2.24. The van der Waals surface area contributed by atoms with E-state index in [1.165, 1.54) is 12.1 Å². The SMILES string of the molecule is CC(C)(C)N(CC(=O)O)S(=O)(=O)c1cccc(Br)c1. The van der Waals surface area contributed by atoms with Crippen LogP contribution in [0.5, 0.6) is 0 Å². The molecule has 0 aromatic heterocycles. The van der Waals surface area contributed by atoms with Crippen molar-refractivity contribution in [2.75, 3.05) is 6.54 Å². The van der Waals surface area contributed by atoms with Gasteiger partial charge in [0.15, 0.2) is 0 Å². The van der Waals surface area contributed by atoms with Crippen molar-refractivity contribution in [3.63, 3.8) is 0 Å². The molecule has 0 heterocycles. The summed E-state index contributed by atoms with van der Waals surface area (Å²) in [6.07, 6.45) is 0. The topological polar surface area (TPSA) is 74.7 Å². The largest absolute Gasteiger partial charge is 0.480 e. The maximum Gasteiger partial charge on any atom is 0.318 e. The summed E-state index contributed by atoms with van der Waals surface area (Å²) in [5.41, 5.74) is -0.820. The molecular formula is C12H16BrNO4S. The van der Waals surface area contributed by atoms with E-state index in [1.54, 1.807) is 32.9 Å². The van der Waals surface area contributed by atoms with Crippen LogP contribution < -0.4 is 0 Å². The van der Waals surface area contributed by atoms with Crippen molar-refractivity contribution < 1.29 is 18.3 Å². The van der Waals surface area contributed by atoms with Gasteiger partial charge < -0.3 is 5.11 Å². The first-order valence-electron chi connectivity index (χ1n) is 5.55. The van der Waals surface area contributed by atoms with E-state index in [9.17, 15) is 13.2 Å². The van der Waals surface area contributed by atoms with Gasteiger partial charge in [0.2, 0.25) is 10.0 Å². The summed E-state index contributed by atoms with van der Waals surface area (Å²) in [5.74, 6) is -1.19. The molecule has 106 valence electrons. The van der Waals surface area contributed by atoms with Gasteiger partial charge in [0.05, 0.1) is 4.90 Å². The number of sulfonamides is 1. The zero-order valence-electron chi connectivity index (χ0n) is 10.9. The van der Waals surface area contributed by atoms with Gasteiger partial charge in [0.1, 0.15) is 6.54 Å².